The second kappa shape index (κ2) is 11.2. The molecule has 0 saturated carbocycles. The predicted octanol–water partition coefficient (Wildman–Crippen LogP) is 4.76. The average Bonchev–Trinajstić information content (AvgIpc) is 3.71. The van der Waals surface area contributed by atoms with Gasteiger partial charge in [0.15, 0.2) is 13.5 Å². The van der Waals surface area contributed by atoms with Gasteiger partial charge < -0.3 is 9.80 Å². The maximum atomic E-state index is 14.5. The maximum absolute atomic E-state index is 14.5. The summed E-state index contributed by atoms with van der Waals surface area (Å²) in [6, 6.07) is 7.45. The van der Waals surface area contributed by atoms with Gasteiger partial charge in [-0.15, -0.1) is 10.2 Å². The van der Waals surface area contributed by atoms with Crippen LogP contribution in [0.25, 0.3) is 0 Å². The van der Waals surface area contributed by atoms with Gasteiger partial charge in [0.05, 0.1) is 48.0 Å². The van der Waals surface area contributed by atoms with E-state index in [1.165, 1.54) is 36.7 Å². The molecule has 6 rings (SSSR count). The first-order valence-electron chi connectivity index (χ1n) is 12.4. The highest BCUT2D eigenvalue weighted by molar-refractivity contribution is 7.33. The van der Waals surface area contributed by atoms with Crippen LogP contribution in [-0.4, -0.2) is 41.8 Å². The van der Waals surface area contributed by atoms with Crippen molar-refractivity contribution in [1.29, 1.82) is 0 Å². The van der Waals surface area contributed by atoms with Crippen molar-refractivity contribution in [2.24, 2.45) is 0 Å². The Morgan fingerprint density at radius 2 is 1.14 bits per heavy atom. The zero-order valence-corrected chi connectivity index (χ0v) is 24.2. The normalized spacial score (nSPS) is 16.5. The number of hydrogen-bond acceptors (Lipinski definition) is 9. The minimum atomic E-state index is -3.75. The van der Waals surface area contributed by atoms with Crippen molar-refractivity contribution in [2.75, 3.05) is 9.80 Å². The van der Waals surface area contributed by atoms with Gasteiger partial charge in [-0.3, -0.25) is 9.59 Å². The first-order chi connectivity index (χ1) is 20.8. The fraction of sp³-hybridized carbons (Fsp3) is 0.250. The highest BCUT2D eigenvalue weighted by atomic mass is 35.5. The molecule has 2 amide bonds. The summed E-state index contributed by atoms with van der Waals surface area (Å²) in [5.74, 6) is -10.4. The van der Waals surface area contributed by atoms with Crippen LogP contribution in [0.5, 0.6) is 0 Å². The first kappa shape index (κ1) is 30.0. The van der Waals surface area contributed by atoms with Crippen molar-refractivity contribution in [3.8, 4) is 0 Å². The number of fused-ring (bicyclic) bond motifs is 2. The molecule has 0 N–H and O–H groups in total. The van der Waals surface area contributed by atoms with E-state index < -0.39 is 56.5 Å². The lowest BCUT2D eigenvalue weighted by Crippen LogP contribution is -2.34. The monoisotopic (exact) mass is 673 g/mol. The van der Waals surface area contributed by atoms with E-state index >= 15 is 0 Å². The van der Waals surface area contributed by atoms with E-state index in [2.05, 4.69) is 20.6 Å². The van der Waals surface area contributed by atoms with E-state index in [1.54, 1.807) is 0 Å². The summed E-state index contributed by atoms with van der Waals surface area (Å²) in [5, 5.41) is 15.3. The minimum absolute atomic E-state index is 0.0114. The molecule has 2 aliphatic heterocycles. The predicted molar refractivity (Wildman–Crippen MR) is 143 cm³/mol. The Bertz CT molecular complexity index is 1690. The van der Waals surface area contributed by atoms with E-state index in [0.29, 0.717) is 0 Å². The summed E-state index contributed by atoms with van der Waals surface area (Å²) in [4.78, 5) is 26.4. The molecule has 0 radical (unpaired) electrons. The van der Waals surface area contributed by atoms with Gasteiger partial charge in [0.1, 0.15) is 11.4 Å². The Labute approximate surface area is 254 Å². The molecular weight excluding hydrogens is 658 g/mol. The largest absolute Gasteiger partial charge is 0.701 e. The fourth-order valence-corrected chi connectivity index (χ4v) is 5.46. The quantitative estimate of drug-likeness (QED) is 0.172. The molecule has 0 bridgehead atoms. The van der Waals surface area contributed by atoms with Gasteiger partial charge in [0.2, 0.25) is 0 Å². The van der Waals surface area contributed by atoms with Crippen LogP contribution in [0.15, 0.2) is 48.8 Å². The lowest BCUT2D eigenvalue weighted by Gasteiger charge is -2.15. The maximum Gasteiger partial charge on any atom is 0.701 e. The second-order valence-electron chi connectivity index (χ2n) is 9.49. The Kier molecular flexibility index (Phi) is 7.62. The van der Waals surface area contributed by atoms with Crippen LogP contribution in [-0.2, 0) is 61.6 Å². The van der Waals surface area contributed by atoms with Crippen molar-refractivity contribution in [2.45, 2.75) is 38.4 Å². The topological polar surface area (TPSA) is 138 Å². The van der Waals surface area contributed by atoms with E-state index in [1.807, 2.05) is 0 Å². The van der Waals surface area contributed by atoms with Crippen LogP contribution in [0.4, 0.5) is 28.9 Å². The Morgan fingerprint density at radius 1 is 0.727 bits per heavy atom. The molecule has 2 aromatic heterocycles. The van der Waals surface area contributed by atoms with Crippen molar-refractivity contribution >= 4 is 54.6 Å². The number of carbonyl (C=O) groups is 2. The standard InChI is InChI=1S/C24H16Cl2F4N8O5P/c25-13-1-3-19-17(5-13)23(27,28)21(39)37(19)9-15-7-35(33-31-15)11-42-44(41)43-12-36-8-16(32-34-36)10-38-20-4-2-14(26)6-18(20)24(29,30)22(38)40/h1-8H,9-12H2/q+1. The Morgan fingerprint density at radius 3 is 1.55 bits per heavy atom. The lowest BCUT2D eigenvalue weighted by molar-refractivity contribution is -0.142. The number of benzene rings is 2. The van der Waals surface area contributed by atoms with E-state index in [0.717, 1.165) is 31.3 Å². The van der Waals surface area contributed by atoms with Crippen molar-refractivity contribution in [3.63, 3.8) is 0 Å². The molecule has 13 nitrogen and oxygen atoms in total. The number of carbonyl (C=O) groups excluding carboxylic acids is 2. The van der Waals surface area contributed by atoms with Crippen LogP contribution in [0, 0.1) is 0 Å². The molecule has 44 heavy (non-hydrogen) atoms. The SMILES string of the molecule is O=C1N(Cc2cn(CO[P+](=O)OCn3cc(CN4C(=O)C(F)(F)c5cc(Cl)ccc54)nn3)nn2)c2ccc(Cl)cc2C1(F)F. The molecule has 2 aromatic carbocycles. The highest BCUT2D eigenvalue weighted by Gasteiger charge is 2.54. The number of amides is 2. The molecular formula is C24H16Cl2F4N8O5P+. The minimum Gasteiger partial charge on any atom is -0.300 e. The number of hydrogen-bond donors (Lipinski definition) is 0. The third-order valence-corrected chi connectivity index (χ3v) is 7.73. The third-order valence-electron chi connectivity index (χ3n) is 6.61. The zero-order valence-electron chi connectivity index (χ0n) is 21.8. The van der Waals surface area contributed by atoms with Crippen LogP contribution < -0.4 is 9.80 Å². The molecule has 228 valence electrons. The zero-order chi connectivity index (χ0) is 31.4. The summed E-state index contributed by atoms with van der Waals surface area (Å²) in [6.45, 7) is -1.45. The number of alkyl halides is 4. The number of aromatic nitrogens is 6. The molecule has 4 heterocycles. The summed E-state index contributed by atoms with van der Waals surface area (Å²) < 4.78 is 82.4. The third kappa shape index (κ3) is 5.41. The summed E-state index contributed by atoms with van der Waals surface area (Å²) in [5.41, 5.74) is -0.758. The van der Waals surface area contributed by atoms with Gasteiger partial charge in [-0.05, 0) is 36.4 Å². The lowest BCUT2D eigenvalue weighted by atomic mass is 10.1. The smallest absolute Gasteiger partial charge is 0.300 e. The van der Waals surface area contributed by atoms with Gasteiger partial charge >= 0.3 is 31.9 Å². The number of rotatable bonds is 10. The molecule has 0 atom stereocenters. The summed E-state index contributed by atoms with van der Waals surface area (Å²) >= 11 is 11.6. The molecule has 0 fully saturated rings. The Hall–Kier alpha value is -4.02. The van der Waals surface area contributed by atoms with E-state index in [9.17, 15) is 31.7 Å². The second-order valence-corrected chi connectivity index (χ2v) is 11.3. The highest BCUT2D eigenvalue weighted by Crippen LogP contribution is 2.47. The van der Waals surface area contributed by atoms with Crippen LogP contribution in [0.3, 0.4) is 0 Å². The van der Waals surface area contributed by atoms with Gasteiger partial charge in [0, 0.05) is 14.6 Å². The molecule has 0 spiro atoms. The number of nitrogens with zero attached hydrogens (tertiary/aromatic N) is 8. The molecule has 0 saturated heterocycles. The molecule has 0 aliphatic carbocycles. The first-order valence-corrected chi connectivity index (χ1v) is 14.2. The van der Waals surface area contributed by atoms with Crippen molar-refractivity contribution in [1.82, 2.24) is 30.0 Å². The molecule has 0 unspecified atom stereocenters. The summed E-state index contributed by atoms with van der Waals surface area (Å²) in [6.07, 6.45) is 2.61. The Balaban J connectivity index is 1.01. The van der Waals surface area contributed by atoms with Crippen molar-refractivity contribution < 1.29 is 40.8 Å². The van der Waals surface area contributed by atoms with Gasteiger partial charge in [-0.25, -0.2) is 9.36 Å². The van der Waals surface area contributed by atoms with Crippen LogP contribution in [0.2, 0.25) is 10.0 Å². The van der Waals surface area contributed by atoms with Gasteiger partial charge in [0.25, 0.3) is 0 Å². The van der Waals surface area contributed by atoms with Gasteiger partial charge in [-0.1, -0.05) is 42.7 Å². The van der Waals surface area contributed by atoms with Gasteiger partial charge in [-0.2, -0.15) is 17.6 Å². The average molecular weight is 674 g/mol. The number of anilines is 2. The fourth-order valence-electron chi connectivity index (χ4n) is 4.61. The van der Waals surface area contributed by atoms with E-state index in [-0.39, 0.29) is 45.9 Å². The number of halogens is 6. The van der Waals surface area contributed by atoms with Crippen LogP contribution in [0.1, 0.15) is 22.5 Å². The van der Waals surface area contributed by atoms with Crippen LogP contribution >= 0.6 is 31.5 Å². The van der Waals surface area contributed by atoms with E-state index in [4.69, 9.17) is 32.2 Å². The summed E-state index contributed by atoms with van der Waals surface area (Å²) in [7, 11) is -2.73. The molecule has 20 heteroatoms. The van der Waals surface area contributed by atoms with Crippen molar-refractivity contribution in [3.05, 3.63) is 81.4 Å². The molecule has 4 aromatic rings. The molecule has 2 aliphatic rings.